The fraction of sp³-hybridized carbons (Fsp3) is 0.435. The van der Waals surface area contributed by atoms with Crippen molar-refractivity contribution in [3.63, 3.8) is 0 Å². The molecule has 2 aromatic carbocycles. The summed E-state index contributed by atoms with van der Waals surface area (Å²) in [6.07, 6.45) is 1.71. The first-order valence-electron chi connectivity index (χ1n) is 10.2. The summed E-state index contributed by atoms with van der Waals surface area (Å²) in [5.41, 5.74) is 0.624. The van der Waals surface area contributed by atoms with Crippen LogP contribution in [0, 0.1) is 0 Å². The molecule has 2 N–H and O–H groups in total. The highest BCUT2D eigenvalue weighted by atomic mass is 16.5. The quantitative estimate of drug-likeness (QED) is 0.785. The number of aliphatic hydroxyl groups is 1. The number of nitrogens with one attached hydrogen (secondary N) is 1. The topological polar surface area (TPSA) is 71.0 Å². The molecular weight excluding hydrogens is 368 g/mol. The number of methoxy groups -OCH3 is 1. The number of hydrogen-bond donors (Lipinski definition) is 2. The Balaban J connectivity index is 1.51. The Morgan fingerprint density at radius 1 is 1.07 bits per heavy atom. The van der Waals surface area contributed by atoms with Gasteiger partial charge in [-0.3, -0.25) is 9.69 Å². The average molecular weight is 396 g/mol. The summed E-state index contributed by atoms with van der Waals surface area (Å²) in [5.74, 6) is 1.25. The molecule has 1 saturated carbocycles. The zero-order valence-electron chi connectivity index (χ0n) is 16.7. The number of benzene rings is 2. The molecule has 1 heterocycles. The second kappa shape index (κ2) is 8.84. The molecule has 0 bridgehead atoms. The summed E-state index contributed by atoms with van der Waals surface area (Å²) < 4.78 is 11.4. The van der Waals surface area contributed by atoms with E-state index in [0.717, 1.165) is 25.9 Å². The van der Waals surface area contributed by atoms with E-state index in [4.69, 9.17) is 9.47 Å². The fourth-order valence-corrected chi connectivity index (χ4v) is 4.45. The Labute approximate surface area is 171 Å². The molecule has 4 rings (SSSR count). The van der Waals surface area contributed by atoms with Crippen LogP contribution in [-0.2, 0) is 0 Å². The number of nitrogens with zero attached hydrogens (tertiary/aromatic N) is 1. The molecule has 154 valence electrons. The predicted molar refractivity (Wildman–Crippen MR) is 110 cm³/mol. The van der Waals surface area contributed by atoms with E-state index in [9.17, 15) is 9.90 Å². The Morgan fingerprint density at radius 2 is 1.79 bits per heavy atom. The van der Waals surface area contributed by atoms with Gasteiger partial charge in [0.2, 0.25) is 0 Å². The lowest BCUT2D eigenvalue weighted by Crippen LogP contribution is -2.52. The lowest BCUT2D eigenvalue weighted by molar-refractivity contribution is 0.0138. The minimum atomic E-state index is -0.680. The van der Waals surface area contributed by atoms with Crippen LogP contribution in [0.1, 0.15) is 29.6 Å². The van der Waals surface area contributed by atoms with Crippen LogP contribution in [0.3, 0.4) is 0 Å². The van der Waals surface area contributed by atoms with Crippen molar-refractivity contribution in [2.24, 2.45) is 0 Å². The summed E-state index contributed by atoms with van der Waals surface area (Å²) in [5, 5.41) is 14.2. The maximum atomic E-state index is 12.7. The van der Waals surface area contributed by atoms with Crippen molar-refractivity contribution in [3.05, 3.63) is 60.2 Å². The van der Waals surface area contributed by atoms with Gasteiger partial charge in [0.1, 0.15) is 23.7 Å². The molecule has 0 unspecified atom stereocenters. The van der Waals surface area contributed by atoms with Gasteiger partial charge in [0.15, 0.2) is 0 Å². The van der Waals surface area contributed by atoms with Crippen LogP contribution in [0.2, 0.25) is 0 Å². The highest BCUT2D eigenvalue weighted by molar-refractivity contribution is 5.94. The molecule has 0 spiro atoms. The van der Waals surface area contributed by atoms with E-state index in [1.807, 2.05) is 42.5 Å². The average Bonchev–Trinajstić information content (AvgIpc) is 3.37. The molecule has 0 aromatic heterocycles. The predicted octanol–water partition coefficient (Wildman–Crippen LogP) is 2.47. The zero-order valence-corrected chi connectivity index (χ0v) is 16.7. The molecule has 1 saturated heterocycles. The number of carbonyl (C=O) groups excluding carboxylic acids is 1. The number of rotatable bonds is 6. The molecule has 0 radical (unpaired) electrons. The summed E-state index contributed by atoms with van der Waals surface area (Å²) in [4.78, 5) is 15.0. The zero-order chi connectivity index (χ0) is 20.2. The van der Waals surface area contributed by atoms with Crippen molar-refractivity contribution in [3.8, 4) is 11.5 Å². The van der Waals surface area contributed by atoms with Crippen molar-refractivity contribution in [2.75, 3.05) is 20.2 Å². The first kappa shape index (κ1) is 19.7. The minimum Gasteiger partial charge on any atom is -0.497 e. The van der Waals surface area contributed by atoms with Gasteiger partial charge in [0.25, 0.3) is 5.91 Å². The van der Waals surface area contributed by atoms with Crippen LogP contribution < -0.4 is 14.8 Å². The van der Waals surface area contributed by atoms with Crippen LogP contribution in [0.4, 0.5) is 0 Å². The van der Waals surface area contributed by atoms with Gasteiger partial charge in [-0.2, -0.15) is 0 Å². The Hall–Kier alpha value is -2.57. The summed E-state index contributed by atoms with van der Waals surface area (Å²) in [7, 11) is 1.61. The third-order valence-corrected chi connectivity index (χ3v) is 5.87. The van der Waals surface area contributed by atoms with Gasteiger partial charge in [0, 0.05) is 18.1 Å². The number of ether oxygens (including phenoxy) is 2. The second-order valence-electron chi connectivity index (χ2n) is 7.74. The number of hydrogen-bond acceptors (Lipinski definition) is 5. The third-order valence-electron chi connectivity index (χ3n) is 5.87. The van der Waals surface area contributed by atoms with Crippen LogP contribution in [0.25, 0.3) is 0 Å². The smallest absolute Gasteiger partial charge is 0.251 e. The van der Waals surface area contributed by atoms with E-state index < -0.39 is 12.2 Å². The maximum absolute atomic E-state index is 12.7. The Kier molecular flexibility index (Phi) is 6.02. The lowest BCUT2D eigenvalue weighted by atomic mass is 10.1. The van der Waals surface area contributed by atoms with Crippen molar-refractivity contribution in [2.45, 2.75) is 43.6 Å². The van der Waals surface area contributed by atoms with Crippen molar-refractivity contribution in [1.29, 1.82) is 0 Å². The minimum absolute atomic E-state index is 0.117. The van der Waals surface area contributed by atoms with E-state index in [2.05, 4.69) is 10.2 Å². The molecule has 1 amide bonds. The van der Waals surface area contributed by atoms with Crippen molar-refractivity contribution < 1.29 is 19.4 Å². The number of aliphatic hydroxyl groups excluding tert-OH is 1. The van der Waals surface area contributed by atoms with E-state index in [-0.39, 0.29) is 18.0 Å². The van der Waals surface area contributed by atoms with Crippen LogP contribution in [0.5, 0.6) is 11.5 Å². The molecule has 29 heavy (non-hydrogen) atoms. The van der Waals surface area contributed by atoms with E-state index in [1.165, 1.54) is 0 Å². The van der Waals surface area contributed by atoms with Crippen LogP contribution in [0.15, 0.2) is 54.6 Å². The van der Waals surface area contributed by atoms with Gasteiger partial charge < -0.3 is 19.9 Å². The Morgan fingerprint density at radius 3 is 2.52 bits per heavy atom. The van der Waals surface area contributed by atoms with Crippen LogP contribution in [-0.4, -0.2) is 60.4 Å². The molecular formula is C23H28N2O4. The molecule has 2 aliphatic rings. The van der Waals surface area contributed by atoms with Gasteiger partial charge in [-0.05, 0) is 50.2 Å². The van der Waals surface area contributed by atoms with E-state index in [0.29, 0.717) is 23.5 Å². The summed E-state index contributed by atoms with van der Waals surface area (Å²) in [6, 6.07) is 16.3. The van der Waals surface area contributed by atoms with Gasteiger partial charge in [-0.25, -0.2) is 0 Å². The first-order chi connectivity index (χ1) is 14.2. The largest absolute Gasteiger partial charge is 0.497 e. The Bertz CT molecular complexity index is 823. The standard InChI is InChI=1S/C23H28N2O4/c1-28-17-10-7-11-18(14-17)29-20-15-19(21(22(20)26)25-12-5-6-13-25)24-23(27)16-8-3-2-4-9-16/h2-4,7-11,14,19-22,26H,5-6,12-13,15H2,1H3,(H,24,27)/t19-,20-,21+,22+/m1/s1. The molecule has 1 aliphatic heterocycles. The second-order valence-corrected chi connectivity index (χ2v) is 7.74. The van der Waals surface area contributed by atoms with Crippen molar-refractivity contribution >= 4 is 5.91 Å². The SMILES string of the molecule is COc1cccc(O[C@@H]2C[C@@H](NC(=O)c3ccccc3)[C@H](N3CCCC3)[C@H]2O)c1. The van der Waals surface area contributed by atoms with E-state index in [1.54, 1.807) is 19.2 Å². The van der Waals surface area contributed by atoms with Gasteiger partial charge in [0.05, 0.1) is 19.2 Å². The molecule has 6 heteroatoms. The number of likely N-dealkylation sites (tertiary alicyclic amines) is 1. The highest BCUT2D eigenvalue weighted by Gasteiger charge is 2.47. The fourth-order valence-electron chi connectivity index (χ4n) is 4.45. The maximum Gasteiger partial charge on any atom is 0.251 e. The number of carbonyl (C=O) groups is 1. The molecule has 2 fully saturated rings. The normalized spacial score (nSPS) is 27.0. The molecule has 6 nitrogen and oxygen atoms in total. The molecule has 2 aromatic rings. The van der Waals surface area contributed by atoms with Crippen molar-refractivity contribution in [1.82, 2.24) is 10.2 Å². The number of amides is 1. The van der Waals surface area contributed by atoms with Gasteiger partial charge >= 0.3 is 0 Å². The summed E-state index contributed by atoms with van der Waals surface area (Å²) >= 11 is 0. The monoisotopic (exact) mass is 396 g/mol. The molecule has 4 atom stereocenters. The van der Waals surface area contributed by atoms with Gasteiger partial charge in [-0.15, -0.1) is 0 Å². The van der Waals surface area contributed by atoms with Crippen LogP contribution >= 0.6 is 0 Å². The lowest BCUT2D eigenvalue weighted by Gasteiger charge is -2.32. The van der Waals surface area contributed by atoms with E-state index >= 15 is 0 Å². The van der Waals surface area contributed by atoms with Gasteiger partial charge in [-0.1, -0.05) is 24.3 Å². The first-order valence-corrected chi connectivity index (χ1v) is 10.2. The highest BCUT2D eigenvalue weighted by Crippen LogP contribution is 2.32. The molecule has 1 aliphatic carbocycles. The summed E-state index contributed by atoms with van der Waals surface area (Å²) in [6.45, 7) is 1.87. The third kappa shape index (κ3) is 4.38.